The Morgan fingerprint density at radius 2 is 1.92 bits per heavy atom. The monoisotopic (exact) mass is 412 g/mol. The summed E-state index contributed by atoms with van der Waals surface area (Å²) in [4.78, 5) is 17.2. The second-order valence-corrected chi connectivity index (χ2v) is 7.57. The minimum absolute atomic E-state index is 0.144. The highest BCUT2D eigenvalue weighted by molar-refractivity contribution is 9.10. The highest BCUT2D eigenvalue weighted by Gasteiger charge is 2.18. The summed E-state index contributed by atoms with van der Waals surface area (Å²) in [6, 6.07) is 7.87. The molecule has 0 unspecified atom stereocenters. The van der Waals surface area contributed by atoms with E-state index in [1.807, 2.05) is 35.0 Å². The highest BCUT2D eigenvalue weighted by atomic mass is 79.9. The van der Waals surface area contributed by atoms with Crippen molar-refractivity contribution in [2.45, 2.75) is 45.1 Å². The number of nitrogens with zero attached hydrogens (tertiary/aromatic N) is 3. The summed E-state index contributed by atoms with van der Waals surface area (Å²) in [5.74, 6) is -0.144. The molecule has 0 saturated heterocycles. The summed E-state index contributed by atoms with van der Waals surface area (Å²) in [7, 11) is 0. The zero-order valence-corrected chi connectivity index (χ0v) is 16.1. The van der Waals surface area contributed by atoms with Crippen LogP contribution in [0.5, 0.6) is 0 Å². The molecule has 1 aliphatic rings. The number of aromatic nitrogens is 3. The molecule has 1 amide bonds. The van der Waals surface area contributed by atoms with E-state index in [4.69, 9.17) is 0 Å². The topological polar surface area (TPSA) is 59.3 Å². The first-order valence-corrected chi connectivity index (χ1v) is 9.89. The van der Waals surface area contributed by atoms with Gasteiger partial charge in [-0.1, -0.05) is 47.0 Å². The molecule has 26 heavy (non-hydrogen) atoms. The average Bonchev–Trinajstić information content (AvgIpc) is 3.05. The number of carbonyl (C=O) groups excluding carboxylic acids is 1. The number of hydrogen-bond acceptors (Lipinski definition) is 3. The van der Waals surface area contributed by atoms with Crippen molar-refractivity contribution in [3.05, 3.63) is 63.5 Å². The van der Waals surface area contributed by atoms with Gasteiger partial charge in [-0.25, -0.2) is 9.50 Å². The summed E-state index contributed by atoms with van der Waals surface area (Å²) in [6.45, 7) is 0.461. The van der Waals surface area contributed by atoms with Crippen LogP contribution in [0.2, 0.25) is 0 Å². The summed E-state index contributed by atoms with van der Waals surface area (Å²) in [6.07, 6.45) is 10.5. The van der Waals surface area contributed by atoms with Gasteiger partial charge in [-0.3, -0.25) is 4.79 Å². The Kier molecular flexibility index (Phi) is 5.02. The molecule has 0 aliphatic heterocycles. The van der Waals surface area contributed by atoms with Gasteiger partial charge in [0.15, 0.2) is 5.65 Å². The van der Waals surface area contributed by atoms with Gasteiger partial charge in [0, 0.05) is 22.9 Å². The molecule has 1 aliphatic carbocycles. The highest BCUT2D eigenvalue weighted by Crippen LogP contribution is 2.22. The smallest absolute Gasteiger partial charge is 0.257 e. The Labute approximate surface area is 161 Å². The number of hydrogen-bond donors (Lipinski definition) is 1. The van der Waals surface area contributed by atoms with Gasteiger partial charge in [-0.05, 0) is 42.9 Å². The van der Waals surface area contributed by atoms with Crippen molar-refractivity contribution in [1.29, 1.82) is 0 Å². The van der Waals surface area contributed by atoms with Gasteiger partial charge in [0.1, 0.15) is 5.56 Å². The molecule has 1 aromatic carbocycles. The molecule has 0 saturated carbocycles. The fraction of sp³-hybridized carbons (Fsp3) is 0.350. The van der Waals surface area contributed by atoms with Crippen LogP contribution in [0.15, 0.2) is 41.1 Å². The van der Waals surface area contributed by atoms with Crippen molar-refractivity contribution in [2.24, 2.45) is 0 Å². The van der Waals surface area contributed by atoms with Gasteiger partial charge in [0.2, 0.25) is 0 Å². The van der Waals surface area contributed by atoms with Crippen molar-refractivity contribution in [1.82, 2.24) is 19.9 Å². The van der Waals surface area contributed by atoms with E-state index in [1.165, 1.54) is 30.5 Å². The van der Waals surface area contributed by atoms with E-state index < -0.39 is 0 Å². The third-order valence-corrected chi connectivity index (χ3v) is 5.74. The molecule has 0 radical (unpaired) electrons. The van der Waals surface area contributed by atoms with Gasteiger partial charge >= 0.3 is 0 Å². The van der Waals surface area contributed by atoms with Crippen LogP contribution in [0, 0.1) is 0 Å². The average molecular weight is 413 g/mol. The van der Waals surface area contributed by atoms with E-state index in [0.717, 1.165) is 29.3 Å². The molecule has 6 heteroatoms. The third-order valence-electron chi connectivity index (χ3n) is 4.96. The maximum absolute atomic E-state index is 12.7. The molecule has 5 nitrogen and oxygen atoms in total. The number of aryl methyl sites for hydroxylation is 2. The predicted molar refractivity (Wildman–Crippen MR) is 104 cm³/mol. The molecular formula is C20H21BrN4O. The van der Waals surface area contributed by atoms with E-state index >= 15 is 0 Å². The number of rotatable bonds is 3. The molecule has 0 atom stereocenters. The van der Waals surface area contributed by atoms with Gasteiger partial charge in [-0.15, -0.1) is 0 Å². The SMILES string of the molecule is O=C(NCc1ccccc1Br)c1cnn2c3c(cnc12)CCCCCC3. The van der Waals surface area contributed by atoms with Crippen molar-refractivity contribution in [3.63, 3.8) is 0 Å². The van der Waals surface area contributed by atoms with E-state index in [1.54, 1.807) is 6.20 Å². The summed E-state index contributed by atoms with van der Waals surface area (Å²) in [5, 5.41) is 7.46. The van der Waals surface area contributed by atoms with Crippen molar-refractivity contribution in [2.75, 3.05) is 0 Å². The number of fused-ring (bicyclic) bond motifs is 3. The van der Waals surface area contributed by atoms with Gasteiger partial charge in [0.05, 0.1) is 6.20 Å². The quantitative estimate of drug-likeness (QED) is 0.704. The van der Waals surface area contributed by atoms with E-state index in [9.17, 15) is 4.79 Å². The van der Waals surface area contributed by atoms with Crippen LogP contribution in [0.3, 0.4) is 0 Å². The normalized spacial score (nSPS) is 14.5. The summed E-state index contributed by atoms with van der Waals surface area (Å²) in [5.41, 5.74) is 4.69. The van der Waals surface area contributed by atoms with E-state index in [2.05, 4.69) is 31.3 Å². The summed E-state index contributed by atoms with van der Waals surface area (Å²) < 4.78 is 2.85. The van der Waals surface area contributed by atoms with Gasteiger partial charge in [-0.2, -0.15) is 5.10 Å². The molecule has 0 spiro atoms. The standard InChI is InChI=1S/C20H21BrN4O/c21-17-9-6-5-7-14(17)11-23-20(26)16-13-24-25-18-10-4-2-1-3-8-15(18)12-22-19(16)25/h5-7,9,12-13H,1-4,8,10-11H2,(H,23,26). The Morgan fingerprint density at radius 1 is 1.12 bits per heavy atom. The summed E-state index contributed by atoms with van der Waals surface area (Å²) >= 11 is 3.51. The first kappa shape index (κ1) is 17.2. The first-order chi connectivity index (χ1) is 12.7. The third kappa shape index (κ3) is 3.38. The van der Waals surface area contributed by atoms with Gasteiger partial charge < -0.3 is 5.32 Å². The minimum atomic E-state index is -0.144. The minimum Gasteiger partial charge on any atom is -0.348 e. The number of nitrogens with one attached hydrogen (secondary N) is 1. The van der Waals surface area contributed by atoms with E-state index in [-0.39, 0.29) is 5.91 Å². The van der Waals surface area contributed by atoms with Gasteiger partial charge in [0.25, 0.3) is 5.91 Å². The molecule has 0 bridgehead atoms. The van der Waals surface area contributed by atoms with Crippen LogP contribution in [-0.2, 0) is 19.4 Å². The van der Waals surface area contributed by atoms with Crippen LogP contribution in [-0.4, -0.2) is 20.5 Å². The fourth-order valence-electron chi connectivity index (χ4n) is 3.52. The molecule has 0 fully saturated rings. The van der Waals surface area contributed by atoms with Crippen LogP contribution < -0.4 is 5.32 Å². The zero-order chi connectivity index (χ0) is 17.9. The lowest BCUT2D eigenvalue weighted by molar-refractivity contribution is 0.0952. The van der Waals surface area contributed by atoms with Crippen LogP contribution in [0.4, 0.5) is 0 Å². The maximum atomic E-state index is 12.7. The molecule has 4 rings (SSSR count). The number of amides is 1. The number of halogens is 1. The molecule has 2 aromatic heterocycles. The Balaban J connectivity index is 1.59. The molecular weight excluding hydrogens is 392 g/mol. The van der Waals surface area contributed by atoms with Crippen LogP contribution in [0.1, 0.15) is 52.9 Å². The maximum Gasteiger partial charge on any atom is 0.257 e. The molecule has 3 aromatic rings. The second kappa shape index (κ2) is 7.58. The van der Waals surface area contributed by atoms with Crippen molar-refractivity contribution >= 4 is 27.5 Å². The van der Waals surface area contributed by atoms with Crippen LogP contribution in [0.25, 0.3) is 5.65 Å². The largest absolute Gasteiger partial charge is 0.348 e. The van der Waals surface area contributed by atoms with Crippen molar-refractivity contribution in [3.8, 4) is 0 Å². The lowest BCUT2D eigenvalue weighted by Gasteiger charge is -2.14. The predicted octanol–water partition coefficient (Wildman–Crippen LogP) is 4.08. The lowest BCUT2D eigenvalue weighted by atomic mass is 9.98. The zero-order valence-electron chi connectivity index (χ0n) is 14.5. The lowest BCUT2D eigenvalue weighted by Crippen LogP contribution is -2.23. The Morgan fingerprint density at radius 3 is 2.77 bits per heavy atom. The molecule has 2 heterocycles. The Bertz CT molecular complexity index is 950. The van der Waals surface area contributed by atoms with Crippen molar-refractivity contribution < 1.29 is 4.79 Å². The second-order valence-electron chi connectivity index (χ2n) is 6.71. The molecule has 1 N–H and O–H groups in total. The Hall–Kier alpha value is -2.21. The molecule has 134 valence electrons. The number of benzene rings is 1. The number of carbonyl (C=O) groups is 1. The fourth-order valence-corrected chi connectivity index (χ4v) is 3.95. The first-order valence-electron chi connectivity index (χ1n) is 9.10. The van der Waals surface area contributed by atoms with E-state index in [0.29, 0.717) is 17.8 Å². The van der Waals surface area contributed by atoms with Crippen LogP contribution >= 0.6 is 15.9 Å².